The molecule has 0 aliphatic heterocycles. The molecule has 3 N–H and O–H groups in total. The van der Waals surface area contributed by atoms with Gasteiger partial charge < -0.3 is 15.8 Å². The minimum Gasteiger partial charge on any atom is -0.384 e. The lowest BCUT2D eigenvalue weighted by Crippen LogP contribution is -2.23. The second kappa shape index (κ2) is 6.47. The summed E-state index contributed by atoms with van der Waals surface area (Å²) in [6, 6.07) is 3.78. The van der Waals surface area contributed by atoms with Crippen molar-refractivity contribution in [3.8, 4) is 0 Å². The van der Waals surface area contributed by atoms with E-state index in [2.05, 4.69) is 41.0 Å². The first-order valence-electron chi connectivity index (χ1n) is 6.77. The third-order valence-corrected chi connectivity index (χ3v) is 2.72. The monoisotopic (exact) mass is 275 g/mol. The molecule has 2 aromatic rings. The van der Waals surface area contributed by atoms with E-state index in [9.17, 15) is 0 Å². The third kappa shape index (κ3) is 3.77. The molecule has 0 unspecified atom stereocenters. The van der Waals surface area contributed by atoms with Crippen LogP contribution in [0.15, 0.2) is 18.5 Å². The van der Waals surface area contributed by atoms with Gasteiger partial charge in [-0.25, -0.2) is 15.0 Å². The molecule has 0 fully saturated rings. The number of ether oxygens (including phenoxy) is 1. The van der Waals surface area contributed by atoms with E-state index < -0.39 is 0 Å². The maximum Gasteiger partial charge on any atom is 0.166 e. The SMILES string of the molecule is CC(C)COC[C@@H](C)Nc1ncnc2nc(N)ccc12. The Labute approximate surface area is 118 Å². The highest BCUT2D eigenvalue weighted by Gasteiger charge is 2.09. The molecular formula is C14H21N5O. The topological polar surface area (TPSA) is 86.0 Å². The van der Waals surface area contributed by atoms with Crippen LogP contribution in [0.3, 0.4) is 0 Å². The van der Waals surface area contributed by atoms with Gasteiger partial charge in [0.25, 0.3) is 0 Å². The number of anilines is 2. The minimum absolute atomic E-state index is 0.157. The van der Waals surface area contributed by atoms with Crippen LogP contribution >= 0.6 is 0 Å². The zero-order valence-electron chi connectivity index (χ0n) is 12.1. The molecule has 6 heteroatoms. The van der Waals surface area contributed by atoms with Crippen molar-refractivity contribution < 1.29 is 4.74 Å². The molecule has 108 valence electrons. The van der Waals surface area contributed by atoms with Crippen LogP contribution in [0.2, 0.25) is 0 Å². The highest BCUT2D eigenvalue weighted by atomic mass is 16.5. The summed E-state index contributed by atoms with van der Waals surface area (Å²) in [6.45, 7) is 7.71. The van der Waals surface area contributed by atoms with Gasteiger partial charge in [0.2, 0.25) is 0 Å². The average molecular weight is 275 g/mol. The smallest absolute Gasteiger partial charge is 0.166 e. The van der Waals surface area contributed by atoms with Crippen LogP contribution in [0.5, 0.6) is 0 Å². The molecule has 0 saturated heterocycles. The Morgan fingerprint density at radius 2 is 2.00 bits per heavy atom. The second-order valence-electron chi connectivity index (χ2n) is 5.31. The number of nitrogen functional groups attached to an aromatic ring is 1. The van der Waals surface area contributed by atoms with E-state index in [0.717, 1.165) is 17.8 Å². The Hall–Kier alpha value is -1.95. The first kappa shape index (κ1) is 14.5. The van der Waals surface area contributed by atoms with E-state index in [1.54, 1.807) is 6.07 Å². The lowest BCUT2D eigenvalue weighted by atomic mass is 10.2. The van der Waals surface area contributed by atoms with Gasteiger partial charge in [-0.05, 0) is 25.0 Å². The number of hydrogen-bond acceptors (Lipinski definition) is 6. The standard InChI is InChI=1S/C14H21N5O/c1-9(2)6-20-7-10(3)18-13-11-4-5-12(15)19-14(11)17-8-16-13/h4-5,8-10H,6-7H2,1-3H3,(H3,15,16,17,18,19)/t10-/m1/s1. The molecule has 0 bridgehead atoms. The molecule has 0 amide bonds. The number of nitrogens with one attached hydrogen (secondary N) is 1. The zero-order chi connectivity index (χ0) is 14.5. The number of nitrogens with zero attached hydrogens (tertiary/aromatic N) is 3. The summed E-state index contributed by atoms with van der Waals surface area (Å²) in [7, 11) is 0. The summed E-state index contributed by atoms with van der Waals surface area (Å²) in [5, 5.41) is 4.18. The normalized spacial score (nSPS) is 12.8. The van der Waals surface area contributed by atoms with E-state index in [-0.39, 0.29) is 6.04 Å². The lowest BCUT2D eigenvalue weighted by molar-refractivity contribution is 0.105. The summed E-state index contributed by atoms with van der Waals surface area (Å²) in [4.78, 5) is 12.6. The van der Waals surface area contributed by atoms with E-state index in [1.165, 1.54) is 6.33 Å². The van der Waals surface area contributed by atoms with Crippen molar-refractivity contribution in [2.24, 2.45) is 5.92 Å². The zero-order valence-corrected chi connectivity index (χ0v) is 12.1. The van der Waals surface area contributed by atoms with E-state index >= 15 is 0 Å². The van der Waals surface area contributed by atoms with Crippen molar-refractivity contribution in [2.75, 3.05) is 24.3 Å². The second-order valence-corrected chi connectivity index (χ2v) is 5.31. The average Bonchev–Trinajstić information content (AvgIpc) is 2.38. The fourth-order valence-electron chi connectivity index (χ4n) is 1.83. The summed E-state index contributed by atoms with van der Waals surface area (Å²) in [6.07, 6.45) is 1.48. The van der Waals surface area contributed by atoms with E-state index in [0.29, 0.717) is 24.0 Å². The van der Waals surface area contributed by atoms with Crippen molar-refractivity contribution in [3.05, 3.63) is 18.5 Å². The molecule has 0 spiro atoms. The fourth-order valence-corrected chi connectivity index (χ4v) is 1.83. The number of rotatable bonds is 6. The van der Waals surface area contributed by atoms with Crippen LogP contribution in [0.1, 0.15) is 20.8 Å². The Bertz CT molecular complexity index is 572. The molecule has 0 aliphatic carbocycles. The van der Waals surface area contributed by atoms with E-state index in [4.69, 9.17) is 10.5 Å². The first-order chi connectivity index (χ1) is 9.56. The van der Waals surface area contributed by atoms with Gasteiger partial charge >= 0.3 is 0 Å². The van der Waals surface area contributed by atoms with Crippen LogP contribution in [-0.2, 0) is 4.74 Å². The lowest BCUT2D eigenvalue weighted by Gasteiger charge is -2.16. The van der Waals surface area contributed by atoms with Gasteiger partial charge in [-0.1, -0.05) is 13.8 Å². The van der Waals surface area contributed by atoms with Gasteiger partial charge in [-0.2, -0.15) is 0 Å². The Balaban J connectivity index is 2.05. The van der Waals surface area contributed by atoms with Crippen LogP contribution < -0.4 is 11.1 Å². The van der Waals surface area contributed by atoms with Crippen LogP contribution in [0.4, 0.5) is 11.6 Å². The van der Waals surface area contributed by atoms with Gasteiger partial charge in [0.1, 0.15) is 18.0 Å². The molecule has 2 heterocycles. The Morgan fingerprint density at radius 1 is 1.20 bits per heavy atom. The predicted molar refractivity (Wildman–Crippen MR) is 80.5 cm³/mol. The van der Waals surface area contributed by atoms with Crippen LogP contribution in [0.25, 0.3) is 11.0 Å². The minimum atomic E-state index is 0.157. The molecule has 0 aromatic carbocycles. The molecule has 2 rings (SSSR count). The van der Waals surface area contributed by atoms with Crippen molar-refractivity contribution in [1.29, 1.82) is 0 Å². The molecule has 0 aliphatic rings. The van der Waals surface area contributed by atoms with Gasteiger partial charge in [0.05, 0.1) is 12.0 Å². The molecule has 0 saturated carbocycles. The molecule has 20 heavy (non-hydrogen) atoms. The highest BCUT2D eigenvalue weighted by molar-refractivity contribution is 5.87. The summed E-state index contributed by atoms with van der Waals surface area (Å²) in [5.74, 6) is 1.74. The molecule has 0 radical (unpaired) electrons. The number of aromatic nitrogens is 3. The summed E-state index contributed by atoms with van der Waals surface area (Å²) >= 11 is 0. The van der Waals surface area contributed by atoms with Crippen LogP contribution in [-0.4, -0.2) is 34.2 Å². The molecule has 6 nitrogen and oxygen atoms in total. The van der Waals surface area contributed by atoms with Crippen molar-refractivity contribution in [1.82, 2.24) is 15.0 Å². The molecule has 1 atom stereocenters. The maximum atomic E-state index is 5.66. The van der Waals surface area contributed by atoms with Gasteiger partial charge in [-0.3, -0.25) is 0 Å². The van der Waals surface area contributed by atoms with Crippen molar-refractivity contribution in [3.63, 3.8) is 0 Å². The van der Waals surface area contributed by atoms with Gasteiger partial charge in [0, 0.05) is 12.6 Å². The van der Waals surface area contributed by atoms with Crippen molar-refractivity contribution >= 4 is 22.7 Å². The third-order valence-electron chi connectivity index (χ3n) is 2.72. The quantitative estimate of drug-likeness (QED) is 0.839. The van der Waals surface area contributed by atoms with Gasteiger partial charge in [0.15, 0.2) is 5.65 Å². The Kier molecular flexibility index (Phi) is 4.68. The molecular weight excluding hydrogens is 254 g/mol. The largest absolute Gasteiger partial charge is 0.384 e. The molecule has 2 aromatic heterocycles. The maximum absolute atomic E-state index is 5.66. The predicted octanol–water partition coefficient (Wildman–Crippen LogP) is 2.08. The number of nitrogens with two attached hydrogens (primary N) is 1. The number of fused-ring (bicyclic) bond motifs is 1. The summed E-state index contributed by atoms with van der Waals surface area (Å²) < 4.78 is 5.62. The van der Waals surface area contributed by atoms with Crippen molar-refractivity contribution in [2.45, 2.75) is 26.8 Å². The number of hydrogen-bond donors (Lipinski definition) is 2. The highest BCUT2D eigenvalue weighted by Crippen LogP contribution is 2.19. The summed E-state index contributed by atoms with van der Waals surface area (Å²) in [5.41, 5.74) is 6.25. The van der Waals surface area contributed by atoms with E-state index in [1.807, 2.05) is 6.07 Å². The van der Waals surface area contributed by atoms with Gasteiger partial charge in [-0.15, -0.1) is 0 Å². The Morgan fingerprint density at radius 3 is 2.75 bits per heavy atom. The van der Waals surface area contributed by atoms with Crippen LogP contribution in [0, 0.1) is 5.92 Å². The number of pyridine rings is 1. The first-order valence-corrected chi connectivity index (χ1v) is 6.77. The fraction of sp³-hybridized carbons (Fsp3) is 0.500.